The van der Waals surface area contributed by atoms with Gasteiger partial charge in [0.2, 0.25) is 0 Å². The summed E-state index contributed by atoms with van der Waals surface area (Å²) in [5.41, 5.74) is 3.82. The van der Waals surface area contributed by atoms with Crippen LogP contribution in [0.3, 0.4) is 0 Å². The first-order valence-electron chi connectivity index (χ1n) is 8.59. The molecule has 0 spiro atoms. The molecule has 3 rings (SSSR count). The molecule has 0 aliphatic carbocycles. The third kappa shape index (κ3) is 4.31. The van der Waals surface area contributed by atoms with Crippen LogP contribution in [0.4, 0.5) is 0 Å². The zero-order valence-electron chi connectivity index (χ0n) is 14.8. The van der Waals surface area contributed by atoms with Crippen molar-refractivity contribution in [3.8, 4) is 11.5 Å². The molecule has 0 amide bonds. The number of hydrogen-bond donors (Lipinski definition) is 2. The summed E-state index contributed by atoms with van der Waals surface area (Å²) in [7, 11) is 3.10. The molecule has 136 valence electrons. The fourth-order valence-electron chi connectivity index (χ4n) is 3.00. The van der Waals surface area contributed by atoms with E-state index in [1.165, 1.54) is 7.11 Å². The van der Waals surface area contributed by atoms with Crippen LogP contribution in [0.15, 0.2) is 27.4 Å². The highest BCUT2D eigenvalue weighted by Crippen LogP contribution is 2.29. The highest BCUT2D eigenvalue weighted by Gasteiger charge is 2.13. The molecular weight excluding hydrogens is 322 g/mol. The van der Waals surface area contributed by atoms with Crippen LogP contribution in [0.25, 0.3) is 11.0 Å². The van der Waals surface area contributed by atoms with Crippen LogP contribution < -0.4 is 25.6 Å². The molecule has 0 unspecified atom stereocenters. The lowest BCUT2D eigenvalue weighted by molar-refractivity contribution is 0.164. The zero-order valence-corrected chi connectivity index (χ0v) is 14.8. The second-order valence-corrected chi connectivity index (χ2v) is 6.03. The van der Waals surface area contributed by atoms with Gasteiger partial charge in [0.05, 0.1) is 14.2 Å². The molecule has 0 bridgehead atoms. The summed E-state index contributed by atoms with van der Waals surface area (Å²) in [4.78, 5) is 12.4. The normalized spacial score (nSPS) is 15.4. The Balaban J connectivity index is 1.68. The Morgan fingerprint density at radius 1 is 1.20 bits per heavy atom. The van der Waals surface area contributed by atoms with Crippen molar-refractivity contribution in [3.63, 3.8) is 0 Å². The number of piperazine rings is 1. The number of hydrogen-bond acceptors (Lipinski definition) is 7. The summed E-state index contributed by atoms with van der Waals surface area (Å²) in [5, 5.41) is 6.00. The Hall–Kier alpha value is -2.09. The van der Waals surface area contributed by atoms with Gasteiger partial charge in [-0.1, -0.05) is 0 Å². The first-order chi connectivity index (χ1) is 12.2. The van der Waals surface area contributed by atoms with Crippen LogP contribution >= 0.6 is 0 Å². The molecule has 0 atom stereocenters. The van der Waals surface area contributed by atoms with E-state index in [4.69, 9.17) is 13.9 Å². The maximum atomic E-state index is 12.4. The van der Waals surface area contributed by atoms with Gasteiger partial charge in [-0.2, -0.15) is 0 Å². The molecule has 1 aliphatic heterocycles. The minimum Gasteiger partial charge on any atom is -0.496 e. The lowest BCUT2D eigenvalue weighted by Crippen LogP contribution is -2.50. The molecule has 0 radical (unpaired) electrons. The SMILES string of the molecule is COc1cc(OC)c2c(=O)cc(CCCNN3CCNCC3)oc2c1. The maximum Gasteiger partial charge on any atom is 0.196 e. The lowest BCUT2D eigenvalue weighted by atomic mass is 10.1. The summed E-state index contributed by atoms with van der Waals surface area (Å²) in [6, 6.07) is 4.97. The Labute approximate surface area is 146 Å². The zero-order chi connectivity index (χ0) is 17.6. The van der Waals surface area contributed by atoms with Gasteiger partial charge in [0, 0.05) is 57.3 Å². The standard InChI is InChI=1S/C18H25N3O4/c1-23-14-11-16(24-2)18-15(22)10-13(25-17(18)12-14)4-3-5-20-21-8-6-19-7-9-21/h10-12,19-20H,3-9H2,1-2H3. The van der Waals surface area contributed by atoms with Crippen molar-refractivity contribution >= 4 is 11.0 Å². The van der Waals surface area contributed by atoms with Gasteiger partial charge in [-0.15, -0.1) is 0 Å². The molecule has 1 fully saturated rings. The van der Waals surface area contributed by atoms with Gasteiger partial charge in [0.15, 0.2) is 5.43 Å². The number of fused-ring (bicyclic) bond motifs is 1. The molecule has 2 heterocycles. The highest BCUT2D eigenvalue weighted by atomic mass is 16.5. The quantitative estimate of drug-likeness (QED) is 0.728. The van der Waals surface area contributed by atoms with Gasteiger partial charge < -0.3 is 19.2 Å². The van der Waals surface area contributed by atoms with E-state index in [0.717, 1.165) is 39.1 Å². The van der Waals surface area contributed by atoms with Crippen LogP contribution in [0.5, 0.6) is 11.5 Å². The maximum absolute atomic E-state index is 12.4. The third-order valence-corrected chi connectivity index (χ3v) is 4.33. The van der Waals surface area contributed by atoms with E-state index in [0.29, 0.717) is 34.6 Å². The predicted molar refractivity (Wildman–Crippen MR) is 96.4 cm³/mol. The van der Waals surface area contributed by atoms with Gasteiger partial charge >= 0.3 is 0 Å². The predicted octanol–water partition coefficient (Wildman–Crippen LogP) is 1.15. The Morgan fingerprint density at radius 3 is 2.72 bits per heavy atom. The molecular formula is C18H25N3O4. The topological polar surface area (TPSA) is 76.0 Å². The Bertz CT molecular complexity index is 769. The van der Waals surface area contributed by atoms with E-state index >= 15 is 0 Å². The molecule has 1 aliphatic rings. The van der Waals surface area contributed by atoms with Gasteiger partial charge in [-0.3, -0.25) is 10.2 Å². The van der Waals surface area contributed by atoms with Crippen molar-refractivity contribution < 1.29 is 13.9 Å². The number of benzene rings is 1. The van der Waals surface area contributed by atoms with Crippen molar-refractivity contribution in [2.75, 3.05) is 46.9 Å². The van der Waals surface area contributed by atoms with E-state index in [9.17, 15) is 4.79 Å². The van der Waals surface area contributed by atoms with Crippen LogP contribution in [0.2, 0.25) is 0 Å². The van der Waals surface area contributed by atoms with E-state index in [2.05, 4.69) is 15.8 Å². The molecule has 1 aromatic heterocycles. The van der Waals surface area contributed by atoms with Crippen LogP contribution in [-0.4, -0.2) is 52.0 Å². The molecule has 7 nitrogen and oxygen atoms in total. The smallest absolute Gasteiger partial charge is 0.196 e. The third-order valence-electron chi connectivity index (χ3n) is 4.33. The minimum atomic E-state index is -0.0918. The van der Waals surface area contributed by atoms with Gasteiger partial charge in [0.1, 0.15) is 28.2 Å². The second-order valence-electron chi connectivity index (χ2n) is 6.03. The lowest BCUT2D eigenvalue weighted by Gasteiger charge is -2.27. The molecule has 0 saturated carbocycles. The summed E-state index contributed by atoms with van der Waals surface area (Å²) >= 11 is 0. The number of aryl methyl sites for hydroxylation is 1. The van der Waals surface area contributed by atoms with Gasteiger partial charge in [0.25, 0.3) is 0 Å². The number of nitrogens with zero attached hydrogens (tertiary/aromatic N) is 1. The fourth-order valence-corrected chi connectivity index (χ4v) is 3.00. The average Bonchev–Trinajstić information content (AvgIpc) is 2.65. The molecule has 1 saturated heterocycles. The van der Waals surface area contributed by atoms with Crippen molar-refractivity contribution in [1.82, 2.24) is 15.8 Å². The largest absolute Gasteiger partial charge is 0.496 e. The van der Waals surface area contributed by atoms with Crippen LogP contribution in [-0.2, 0) is 6.42 Å². The van der Waals surface area contributed by atoms with E-state index < -0.39 is 0 Å². The number of nitrogens with one attached hydrogen (secondary N) is 2. The van der Waals surface area contributed by atoms with Crippen molar-refractivity contribution in [1.29, 1.82) is 0 Å². The monoisotopic (exact) mass is 347 g/mol. The Kier molecular flexibility index (Phi) is 5.91. The first kappa shape index (κ1) is 17.7. The van der Waals surface area contributed by atoms with Crippen molar-refractivity contribution in [2.24, 2.45) is 0 Å². The van der Waals surface area contributed by atoms with E-state index in [-0.39, 0.29) is 5.43 Å². The summed E-state index contributed by atoms with van der Waals surface area (Å²) in [6.45, 7) is 4.88. The summed E-state index contributed by atoms with van der Waals surface area (Å²) in [6.07, 6.45) is 1.59. The highest BCUT2D eigenvalue weighted by molar-refractivity contribution is 5.85. The van der Waals surface area contributed by atoms with E-state index in [1.807, 2.05) is 0 Å². The van der Waals surface area contributed by atoms with Gasteiger partial charge in [-0.25, -0.2) is 5.01 Å². The van der Waals surface area contributed by atoms with Crippen LogP contribution in [0, 0.1) is 0 Å². The average molecular weight is 347 g/mol. The number of methoxy groups -OCH3 is 2. The number of ether oxygens (including phenoxy) is 2. The Morgan fingerprint density at radius 2 is 2.00 bits per heavy atom. The summed E-state index contributed by atoms with van der Waals surface area (Å²) in [5.74, 6) is 1.75. The summed E-state index contributed by atoms with van der Waals surface area (Å²) < 4.78 is 16.5. The molecule has 7 heteroatoms. The first-order valence-corrected chi connectivity index (χ1v) is 8.59. The number of rotatable bonds is 7. The molecule has 25 heavy (non-hydrogen) atoms. The van der Waals surface area contributed by atoms with Crippen molar-refractivity contribution in [3.05, 3.63) is 34.2 Å². The minimum absolute atomic E-state index is 0.0918. The van der Waals surface area contributed by atoms with Crippen LogP contribution in [0.1, 0.15) is 12.2 Å². The molecule has 2 aromatic rings. The second kappa shape index (κ2) is 8.33. The van der Waals surface area contributed by atoms with E-state index in [1.54, 1.807) is 25.3 Å². The van der Waals surface area contributed by atoms with Crippen molar-refractivity contribution in [2.45, 2.75) is 12.8 Å². The molecule has 1 aromatic carbocycles. The molecule has 2 N–H and O–H groups in total. The fraction of sp³-hybridized carbons (Fsp3) is 0.500. The van der Waals surface area contributed by atoms with Gasteiger partial charge in [-0.05, 0) is 6.42 Å². The number of hydrazine groups is 1.